The SMILES string of the molecule is COC(=O)C1S[C@@H]2C(N(C(C)=O)c3cccs3)C(=O)N2C=C1C(=O)OCCI. The largest absolute Gasteiger partial charge is 0.468 e. The summed E-state index contributed by atoms with van der Waals surface area (Å²) < 4.78 is 10.6. The molecule has 2 unspecified atom stereocenters. The molecule has 0 bridgehead atoms. The van der Waals surface area contributed by atoms with Gasteiger partial charge in [0.15, 0.2) is 0 Å². The summed E-state index contributed by atoms with van der Waals surface area (Å²) >= 11 is 4.52. The van der Waals surface area contributed by atoms with E-state index >= 15 is 0 Å². The van der Waals surface area contributed by atoms with Crippen molar-refractivity contribution in [2.24, 2.45) is 0 Å². The predicted octanol–water partition coefficient (Wildman–Crippen LogP) is 1.79. The maximum absolute atomic E-state index is 12.8. The fraction of sp³-hybridized carbons (Fsp3) is 0.412. The summed E-state index contributed by atoms with van der Waals surface area (Å²) in [4.78, 5) is 52.5. The number of carbonyl (C=O) groups is 4. The average Bonchev–Trinajstić information content (AvgIpc) is 3.22. The normalized spacial score (nSPS) is 23.2. The lowest BCUT2D eigenvalue weighted by atomic mass is 10.0. The van der Waals surface area contributed by atoms with Crippen molar-refractivity contribution in [3.05, 3.63) is 29.3 Å². The van der Waals surface area contributed by atoms with Crippen LogP contribution in [0.3, 0.4) is 0 Å². The Morgan fingerprint density at radius 1 is 1.36 bits per heavy atom. The first kappa shape index (κ1) is 21.1. The summed E-state index contributed by atoms with van der Waals surface area (Å²) in [5, 5.41) is 1.04. The molecule has 0 aromatic carbocycles. The second-order valence-corrected chi connectivity index (χ2v) is 9.10. The van der Waals surface area contributed by atoms with Crippen LogP contribution >= 0.6 is 45.7 Å². The van der Waals surface area contributed by atoms with E-state index in [2.05, 4.69) is 22.6 Å². The van der Waals surface area contributed by atoms with Crippen LogP contribution in [-0.2, 0) is 28.7 Å². The Kier molecular flexibility index (Phi) is 6.65. The van der Waals surface area contributed by atoms with Crippen molar-refractivity contribution < 1.29 is 28.7 Å². The van der Waals surface area contributed by atoms with Gasteiger partial charge in [0.25, 0.3) is 5.91 Å². The summed E-state index contributed by atoms with van der Waals surface area (Å²) in [7, 11) is 1.24. The Hall–Kier alpha value is -1.60. The van der Waals surface area contributed by atoms with Crippen molar-refractivity contribution in [3.63, 3.8) is 0 Å². The number of alkyl halides is 1. The minimum atomic E-state index is -0.930. The van der Waals surface area contributed by atoms with Gasteiger partial charge >= 0.3 is 11.9 Å². The number of thiophene rings is 1. The number of esters is 2. The van der Waals surface area contributed by atoms with E-state index in [-0.39, 0.29) is 24.0 Å². The van der Waals surface area contributed by atoms with Crippen LogP contribution in [-0.4, -0.2) is 63.5 Å². The molecule has 0 aliphatic carbocycles. The van der Waals surface area contributed by atoms with Crippen LogP contribution in [0.15, 0.2) is 29.3 Å². The van der Waals surface area contributed by atoms with Gasteiger partial charge in [-0.25, -0.2) is 4.79 Å². The van der Waals surface area contributed by atoms with Crippen LogP contribution in [0.1, 0.15) is 6.92 Å². The number of methoxy groups -OCH3 is 1. The highest BCUT2D eigenvalue weighted by molar-refractivity contribution is 14.1. The van der Waals surface area contributed by atoms with Gasteiger partial charge in [0.1, 0.15) is 23.3 Å². The van der Waals surface area contributed by atoms with E-state index in [0.29, 0.717) is 9.43 Å². The van der Waals surface area contributed by atoms with E-state index in [4.69, 9.17) is 9.47 Å². The Labute approximate surface area is 183 Å². The molecule has 3 atom stereocenters. The molecule has 150 valence electrons. The fourth-order valence-corrected chi connectivity index (χ4v) is 5.48. The second-order valence-electron chi connectivity index (χ2n) is 5.87. The van der Waals surface area contributed by atoms with Gasteiger partial charge < -0.3 is 14.4 Å². The lowest BCUT2D eigenvalue weighted by Crippen LogP contribution is -2.70. The molecular weight excluding hydrogens is 519 g/mol. The van der Waals surface area contributed by atoms with Gasteiger partial charge in [-0.3, -0.25) is 19.3 Å². The van der Waals surface area contributed by atoms with Gasteiger partial charge in [-0.15, -0.1) is 23.1 Å². The molecule has 3 heterocycles. The van der Waals surface area contributed by atoms with Crippen molar-refractivity contribution in [1.29, 1.82) is 0 Å². The molecule has 1 fully saturated rings. The number of anilines is 1. The molecule has 8 nitrogen and oxygen atoms in total. The third kappa shape index (κ3) is 3.79. The number of nitrogens with zero attached hydrogens (tertiary/aromatic N) is 2. The van der Waals surface area contributed by atoms with Crippen molar-refractivity contribution in [2.75, 3.05) is 23.0 Å². The predicted molar refractivity (Wildman–Crippen MR) is 113 cm³/mol. The van der Waals surface area contributed by atoms with E-state index in [9.17, 15) is 19.2 Å². The maximum Gasteiger partial charge on any atom is 0.337 e. The number of rotatable bonds is 6. The third-order valence-corrected chi connectivity index (χ3v) is 7.00. The first-order chi connectivity index (χ1) is 13.4. The number of amides is 2. The molecule has 0 radical (unpaired) electrons. The molecule has 1 aromatic heterocycles. The molecule has 0 spiro atoms. The molecule has 0 saturated carbocycles. The number of ether oxygens (including phenoxy) is 2. The third-order valence-electron chi connectivity index (χ3n) is 4.21. The van der Waals surface area contributed by atoms with Crippen LogP contribution < -0.4 is 4.90 Å². The highest BCUT2D eigenvalue weighted by Crippen LogP contribution is 2.44. The van der Waals surface area contributed by atoms with Crippen LogP contribution in [0.5, 0.6) is 0 Å². The van der Waals surface area contributed by atoms with Gasteiger partial charge in [-0.05, 0) is 17.5 Å². The van der Waals surface area contributed by atoms with E-state index < -0.39 is 28.6 Å². The zero-order valence-corrected chi connectivity index (χ0v) is 18.8. The van der Waals surface area contributed by atoms with Gasteiger partial charge in [-0.1, -0.05) is 22.6 Å². The monoisotopic (exact) mass is 536 g/mol. The standard InChI is InChI=1S/C17H17IN2O6S2/c1-9(21)20(11-4-3-7-27-11)12-14(22)19-8-10(16(23)26-6-5-18)13(17(24)25-2)28-15(12)19/h3-4,7-8,12-13,15H,5-6H2,1-2H3/t12?,13?,15-/m1/s1. The van der Waals surface area contributed by atoms with Gasteiger partial charge in [-0.2, -0.15) is 0 Å². The maximum atomic E-state index is 12.8. The first-order valence-electron chi connectivity index (χ1n) is 8.24. The number of carbonyl (C=O) groups excluding carboxylic acids is 4. The molecule has 11 heteroatoms. The van der Waals surface area contributed by atoms with E-state index in [1.54, 1.807) is 12.1 Å². The van der Waals surface area contributed by atoms with Crippen LogP contribution in [0.4, 0.5) is 5.00 Å². The molecular formula is C17H17IN2O6S2. The minimum Gasteiger partial charge on any atom is -0.468 e. The Morgan fingerprint density at radius 2 is 2.11 bits per heavy atom. The van der Waals surface area contributed by atoms with Gasteiger partial charge in [0.05, 0.1) is 17.7 Å². The first-order valence-corrected chi connectivity index (χ1v) is 11.6. The van der Waals surface area contributed by atoms with Crippen molar-refractivity contribution in [3.8, 4) is 0 Å². The van der Waals surface area contributed by atoms with E-state index in [1.807, 2.05) is 5.38 Å². The highest BCUT2D eigenvalue weighted by atomic mass is 127. The minimum absolute atomic E-state index is 0.0650. The van der Waals surface area contributed by atoms with Gasteiger partial charge in [0, 0.05) is 17.6 Å². The smallest absolute Gasteiger partial charge is 0.337 e. The number of fused-ring (bicyclic) bond motifs is 1. The molecule has 2 aliphatic rings. The van der Waals surface area contributed by atoms with E-state index in [0.717, 1.165) is 11.8 Å². The quantitative estimate of drug-likeness (QED) is 0.237. The highest BCUT2D eigenvalue weighted by Gasteiger charge is 2.56. The molecule has 1 aromatic rings. The lowest BCUT2D eigenvalue weighted by molar-refractivity contribution is -0.146. The Morgan fingerprint density at radius 3 is 2.68 bits per heavy atom. The number of halogens is 1. The summed E-state index contributed by atoms with van der Waals surface area (Å²) in [5.41, 5.74) is 0.0650. The van der Waals surface area contributed by atoms with Crippen LogP contribution in [0, 0.1) is 0 Å². The van der Waals surface area contributed by atoms with Crippen LogP contribution in [0.2, 0.25) is 0 Å². The fourth-order valence-electron chi connectivity index (χ4n) is 2.97. The number of β-lactam (4-membered cyclic amide) rings is 1. The topological polar surface area (TPSA) is 93.2 Å². The van der Waals surface area contributed by atoms with Crippen molar-refractivity contribution in [1.82, 2.24) is 4.90 Å². The summed E-state index contributed by atoms with van der Waals surface area (Å²) in [6, 6.07) is 2.80. The molecule has 0 N–H and O–H groups in total. The zero-order chi connectivity index (χ0) is 20.4. The second kappa shape index (κ2) is 8.82. The summed E-state index contributed by atoms with van der Waals surface area (Å²) in [6.07, 6.45) is 1.35. The number of hydrogen-bond acceptors (Lipinski definition) is 8. The molecule has 2 amide bonds. The average molecular weight is 536 g/mol. The van der Waals surface area contributed by atoms with Crippen molar-refractivity contribution >= 4 is 74.4 Å². The molecule has 3 rings (SSSR count). The van der Waals surface area contributed by atoms with Crippen molar-refractivity contribution in [2.45, 2.75) is 23.6 Å². The van der Waals surface area contributed by atoms with Crippen LogP contribution in [0.25, 0.3) is 0 Å². The summed E-state index contributed by atoms with van der Waals surface area (Å²) in [5.74, 6) is -1.85. The zero-order valence-electron chi connectivity index (χ0n) is 15.0. The Balaban J connectivity index is 1.91. The number of hydrogen-bond donors (Lipinski definition) is 0. The Bertz CT molecular complexity index is 828. The lowest BCUT2D eigenvalue weighted by Gasteiger charge is -2.51. The number of thioether (sulfide) groups is 1. The molecule has 1 saturated heterocycles. The molecule has 28 heavy (non-hydrogen) atoms. The summed E-state index contributed by atoms with van der Waals surface area (Å²) in [6.45, 7) is 1.59. The van der Waals surface area contributed by atoms with E-state index in [1.165, 1.54) is 41.4 Å². The van der Waals surface area contributed by atoms with Gasteiger partial charge in [0.2, 0.25) is 5.91 Å². The molecule has 2 aliphatic heterocycles.